The maximum atomic E-state index is 5.87. The van der Waals surface area contributed by atoms with E-state index in [0.717, 1.165) is 17.6 Å². The van der Waals surface area contributed by atoms with Gasteiger partial charge in [-0.15, -0.1) is 0 Å². The van der Waals surface area contributed by atoms with Crippen LogP contribution in [0.2, 0.25) is 0 Å². The maximum absolute atomic E-state index is 5.87. The van der Waals surface area contributed by atoms with Crippen LogP contribution in [-0.4, -0.2) is 24.9 Å². The Morgan fingerprint density at radius 2 is 1.50 bits per heavy atom. The van der Waals surface area contributed by atoms with Gasteiger partial charge in [0.05, 0.1) is 11.0 Å². The van der Waals surface area contributed by atoms with Gasteiger partial charge in [-0.2, -0.15) is 4.73 Å². The summed E-state index contributed by atoms with van der Waals surface area (Å²) in [7, 11) is 1.93. The highest BCUT2D eigenvalue weighted by molar-refractivity contribution is 6.07. The fraction of sp³-hybridized carbons (Fsp3) is 0.200. The highest BCUT2D eigenvalue weighted by Crippen LogP contribution is 2.27. The molecule has 2 aromatic carbocycles. The molecule has 0 fully saturated rings. The molecule has 92 valence electrons. The van der Waals surface area contributed by atoms with Crippen LogP contribution in [0, 0.1) is 0 Å². The molecular weight excluding hydrogens is 224 g/mol. The van der Waals surface area contributed by atoms with Gasteiger partial charge in [0.1, 0.15) is 6.61 Å². The van der Waals surface area contributed by atoms with Crippen molar-refractivity contribution >= 4 is 21.8 Å². The first-order valence-corrected chi connectivity index (χ1v) is 6.18. The largest absolute Gasteiger partial charge is 0.412 e. The molecule has 0 spiro atoms. The molecule has 0 aliphatic heterocycles. The van der Waals surface area contributed by atoms with Gasteiger partial charge in [0.2, 0.25) is 0 Å². The SMILES string of the molecule is CNCCOn1c2ccccc2c2ccccc21. The molecule has 0 saturated heterocycles. The van der Waals surface area contributed by atoms with Crippen LogP contribution >= 0.6 is 0 Å². The van der Waals surface area contributed by atoms with Crippen molar-refractivity contribution in [2.24, 2.45) is 0 Å². The molecule has 1 heterocycles. The quantitative estimate of drug-likeness (QED) is 0.709. The van der Waals surface area contributed by atoms with Crippen LogP contribution in [0.4, 0.5) is 0 Å². The van der Waals surface area contributed by atoms with Crippen molar-refractivity contribution in [3.05, 3.63) is 48.5 Å². The van der Waals surface area contributed by atoms with E-state index in [9.17, 15) is 0 Å². The van der Waals surface area contributed by atoms with Gasteiger partial charge in [-0.3, -0.25) is 0 Å². The van der Waals surface area contributed by atoms with E-state index in [-0.39, 0.29) is 0 Å². The lowest BCUT2D eigenvalue weighted by atomic mass is 10.2. The molecule has 0 saturated carbocycles. The summed E-state index contributed by atoms with van der Waals surface area (Å²) in [5, 5.41) is 5.56. The van der Waals surface area contributed by atoms with E-state index >= 15 is 0 Å². The molecule has 3 aromatic rings. The van der Waals surface area contributed by atoms with E-state index in [4.69, 9.17) is 4.84 Å². The fourth-order valence-electron chi connectivity index (χ4n) is 2.26. The first kappa shape index (κ1) is 11.1. The van der Waals surface area contributed by atoms with Gasteiger partial charge in [-0.25, -0.2) is 0 Å². The molecule has 0 amide bonds. The fourth-order valence-corrected chi connectivity index (χ4v) is 2.26. The normalized spacial score (nSPS) is 11.2. The van der Waals surface area contributed by atoms with Crippen LogP contribution in [0.1, 0.15) is 0 Å². The lowest BCUT2D eigenvalue weighted by Gasteiger charge is -2.09. The minimum Gasteiger partial charge on any atom is -0.412 e. The topological polar surface area (TPSA) is 26.2 Å². The summed E-state index contributed by atoms with van der Waals surface area (Å²) in [5.74, 6) is 0. The summed E-state index contributed by atoms with van der Waals surface area (Å²) >= 11 is 0. The molecule has 3 nitrogen and oxygen atoms in total. The standard InChI is InChI=1S/C15H16N2O/c1-16-10-11-18-17-14-8-4-2-6-12(14)13-7-3-5-9-15(13)17/h2-9,16H,10-11H2,1H3. The van der Waals surface area contributed by atoms with Crippen molar-refractivity contribution in [3.8, 4) is 0 Å². The minimum absolute atomic E-state index is 0.652. The molecule has 0 atom stereocenters. The van der Waals surface area contributed by atoms with E-state index < -0.39 is 0 Å². The minimum atomic E-state index is 0.652. The Bertz CT molecular complexity index is 619. The predicted octanol–water partition coefficient (Wildman–Crippen LogP) is 2.44. The molecular formula is C15H16N2O. The molecule has 0 radical (unpaired) electrons. The molecule has 1 aromatic heterocycles. The molecule has 0 aliphatic carbocycles. The van der Waals surface area contributed by atoms with E-state index in [1.165, 1.54) is 10.8 Å². The van der Waals surface area contributed by atoms with Crippen molar-refractivity contribution in [1.29, 1.82) is 0 Å². The highest BCUT2D eigenvalue weighted by atomic mass is 16.7. The summed E-state index contributed by atoms with van der Waals surface area (Å²) in [6.45, 7) is 1.49. The Hall–Kier alpha value is -2.00. The van der Waals surface area contributed by atoms with Gasteiger partial charge in [0.25, 0.3) is 0 Å². The van der Waals surface area contributed by atoms with Gasteiger partial charge in [0.15, 0.2) is 0 Å². The van der Waals surface area contributed by atoms with Gasteiger partial charge in [-0.05, 0) is 19.2 Å². The number of fused-ring (bicyclic) bond motifs is 3. The first-order valence-electron chi connectivity index (χ1n) is 6.18. The molecule has 3 rings (SSSR count). The Balaban J connectivity index is 2.18. The number of nitrogens with zero attached hydrogens (tertiary/aromatic N) is 1. The monoisotopic (exact) mass is 240 g/mol. The highest BCUT2D eigenvalue weighted by Gasteiger charge is 2.09. The molecule has 1 N–H and O–H groups in total. The lowest BCUT2D eigenvalue weighted by Crippen LogP contribution is -2.21. The third-order valence-corrected chi connectivity index (χ3v) is 3.11. The number of hydrogen-bond acceptors (Lipinski definition) is 2. The number of aromatic nitrogens is 1. The second-order valence-corrected chi connectivity index (χ2v) is 4.27. The summed E-state index contributed by atoms with van der Waals surface area (Å²) < 4.78 is 1.93. The van der Waals surface area contributed by atoms with E-state index in [1.54, 1.807) is 0 Å². The van der Waals surface area contributed by atoms with Gasteiger partial charge < -0.3 is 10.2 Å². The second kappa shape index (κ2) is 4.70. The second-order valence-electron chi connectivity index (χ2n) is 4.27. The Morgan fingerprint density at radius 1 is 0.944 bits per heavy atom. The van der Waals surface area contributed by atoms with E-state index in [1.807, 2.05) is 23.9 Å². The first-order chi connectivity index (χ1) is 8.92. The van der Waals surface area contributed by atoms with Crippen LogP contribution in [0.5, 0.6) is 0 Å². The summed E-state index contributed by atoms with van der Waals surface area (Å²) in [5.41, 5.74) is 2.24. The smallest absolute Gasteiger partial charge is 0.127 e. The summed E-state index contributed by atoms with van der Waals surface area (Å²) in [6, 6.07) is 16.7. The zero-order chi connectivity index (χ0) is 12.4. The van der Waals surface area contributed by atoms with Crippen molar-refractivity contribution in [1.82, 2.24) is 10.0 Å². The van der Waals surface area contributed by atoms with Crippen molar-refractivity contribution in [3.63, 3.8) is 0 Å². The Kier molecular flexibility index (Phi) is 2.90. The molecule has 0 bridgehead atoms. The number of para-hydroxylation sites is 2. The third kappa shape index (κ3) is 1.73. The van der Waals surface area contributed by atoms with E-state index in [2.05, 4.69) is 41.7 Å². The van der Waals surface area contributed by atoms with Crippen molar-refractivity contribution < 1.29 is 4.84 Å². The lowest BCUT2D eigenvalue weighted by molar-refractivity contribution is 0.132. The van der Waals surface area contributed by atoms with Gasteiger partial charge in [0, 0.05) is 17.3 Å². The zero-order valence-corrected chi connectivity index (χ0v) is 10.4. The van der Waals surface area contributed by atoms with Gasteiger partial charge >= 0.3 is 0 Å². The predicted molar refractivity (Wildman–Crippen MR) is 74.8 cm³/mol. The number of benzene rings is 2. The van der Waals surface area contributed by atoms with Crippen molar-refractivity contribution in [2.45, 2.75) is 0 Å². The van der Waals surface area contributed by atoms with E-state index in [0.29, 0.717) is 6.61 Å². The van der Waals surface area contributed by atoms with Crippen LogP contribution in [0.15, 0.2) is 48.5 Å². The maximum Gasteiger partial charge on any atom is 0.127 e. The van der Waals surface area contributed by atoms with Crippen LogP contribution in [0.25, 0.3) is 21.8 Å². The van der Waals surface area contributed by atoms with Gasteiger partial charge in [-0.1, -0.05) is 36.4 Å². The third-order valence-electron chi connectivity index (χ3n) is 3.11. The number of nitrogens with one attached hydrogen (secondary N) is 1. The Labute approximate surface area is 106 Å². The molecule has 18 heavy (non-hydrogen) atoms. The number of likely N-dealkylation sites (N-methyl/N-ethyl adjacent to an activating group) is 1. The summed E-state index contributed by atoms with van der Waals surface area (Å²) in [4.78, 5) is 5.87. The average molecular weight is 240 g/mol. The Morgan fingerprint density at radius 3 is 2.06 bits per heavy atom. The summed E-state index contributed by atoms with van der Waals surface area (Å²) in [6.07, 6.45) is 0. The van der Waals surface area contributed by atoms with Crippen LogP contribution in [0.3, 0.4) is 0 Å². The average Bonchev–Trinajstić information content (AvgIpc) is 2.74. The number of hydrogen-bond donors (Lipinski definition) is 1. The van der Waals surface area contributed by atoms with Crippen molar-refractivity contribution in [2.75, 3.05) is 20.2 Å². The molecule has 0 unspecified atom stereocenters. The number of rotatable bonds is 4. The van der Waals surface area contributed by atoms with Crippen LogP contribution in [-0.2, 0) is 0 Å². The van der Waals surface area contributed by atoms with Crippen LogP contribution < -0.4 is 10.2 Å². The zero-order valence-electron chi connectivity index (χ0n) is 10.4. The molecule has 0 aliphatic rings. The molecule has 3 heteroatoms.